The molecule has 1 amide bonds. The average molecular weight is 445 g/mol. The Hall–Kier alpha value is -1.72. The number of amides is 1. The van der Waals surface area contributed by atoms with Gasteiger partial charge in [-0.1, -0.05) is 0 Å². The van der Waals surface area contributed by atoms with Gasteiger partial charge in [0, 0.05) is 45.1 Å². The van der Waals surface area contributed by atoms with Gasteiger partial charge in [0.25, 0.3) is 0 Å². The van der Waals surface area contributed by atoms with Crippen molar-refractivity contribution in [3.05, 3.63) is 28.8 Å². The molecule has 26 heavy (non-hydrogen) atoms. The van der Waals surface area contributed by atoms with E-state index < -0.39 is 10.0 Å². The van der Waals surface area contributed by atoms with Crippen LogP contribution in [-0.4, -0.2) is 69.3 Å². The van der Waals surface area contributed by atoms with Crippen molar-refractivity contribution in [2.75, 3.05) is 26.2 Å². The van der Waals surface area contributed by atoms with E-state index in [1.807, 2.05) is 6.92 Å². The van der Waals surface area contributed by atoms with Crippen LogP contribution in [-0.2, 0) is 27.9 Å². The molecule has 11 heteroatoms. The molecule has 2 aromatic rings. The molecular weight excluding hydrogens is 424 g/mol. The lowest BCUT2D eigenvalue weighted by atomic mass is 10.3. The van der Waals surface area contributed by atoms with E-state index in [2.05, 4.69) is 26.1 Å². The van der Waals surface area contributed by atoms with E-state index in [1.54, 1.807) is 39.8 Å². The van der Waals surface area contributed by atoms with Crippen molar-refractivity contribution in [1.29, 1.82) is 0 Å². The van der Waals surface area contributed by atoms with Gasteiger partial charge in [-0.15, -0.1) is 0 Å². The second kappa shape index (κ2) is 7.49. The second-order valence-electron chi connectivity index (χ2n) is 6.08. The Morgan fingerprint density at radius 2 is 1.88 bits per heavy atom. The first-order chi connectivity index (χ1) is 12.3. The number of halogens is 1. The Morgan fingerprint density at radius 3 is 2.42 bits per heavy atom. The van der Waals surface area contributed by atoms with Gasteiger partial charge in [-0.2, -0.15) is 14.5 Å². The van der Waals surface area contributed by atoms with Gasteiger partial charge in [-0.25, -0.2) is 8.42 Å². The van der Waals surface area contributed by atoms with E-state index in [1.165, 1.54) is 4.31 Å². The molecule has 3 rings (SSSR count). The molecule has 9 nitrogen and oxygen atoms in total. The fourth-order valence-electron chi connectivity index (χ4n) is 2.90. The van der Waals surface area contributed by atoms with Crippen molar-refractivity contribution >= 4 is 31.9 Å². The molecule has 0 atom stereocenters. The minimum absolute atomic E-state index is 0.0763. The van der Waals surface area contributed by atoms with E-state index in [9.17, 15) is 13.2 Å². The maximum absolute atomic E-state index is 12.9. The maximum Gasteiger partial charge on any atom is 0.246 e. The number of sulfonamides is 1. The van der Waals surface area contributed by atoms with E-state index in [-0.39, 0.29) is 30.4 Å². The zero-order valence-electron chi connectivity index (χ0n) is 14.7. The van der Waals surface area contributed by atoms with Crippen molar-refractivity contribution < 1.29 is 13.2 Å². The number of aryl methyl sites for hydroxylation is 2. The third kappa shape index (κ3) is 3.84. The van der Waals surface area contributed by atoms with Crippen molar-refractivity contribution in [3.8, 4) is 0 Å². The summed E-state index contributed by atoms with van der Waals surface area (Å²) < 4.78 is 31.1. The topological polar surface area (TPSA) is 93.3 Å². The lowest BCUT2D eigenvalue weighted by molar-refractivity contribution is -0.133. The van der Waals surface area contributed by atoms with Crippen molar-refractivity contribution in [3.63, 3.8) is 0 Å². The molecule has 1 fully saturated rings. The normalized spacial score (nSPS) is 16.2. The Bertz CT molecular complexity index is 898. The molecule has 2 aromatic heterocycles. The van der Waals surface area contributed by atoms with E-state index in [0.29, 0.717) is 25.3 Å². The van der Waals surface area contributed by atoms with Crippen LogP contribution in [0.5, 0.6) is 0 Å². The summed E-state index contributed by atoms with van der Waals surface area (Å²) in [5.74, 6) is -0.0763. The first kappa shape index (κ1) is 19.1. The minimum Gasteiger partial charge on any atom is -0.338 e. The van der Waals surface area contributed by atoms with Crippen molar-refractivity contribution in [1.82, 2.24) is 28.8 Å². The summed E-state index contributed by atoms with van der Waals surface area (Å²) in [5, 5.41) is 8.29. The maximum atomic E-state index is 12.9. The molecule has 0 N–H and O–H groups in total. The number of rotatable bonds is 5. The van der Waals surface area contributed by atoms with E-state index in [0.717, 1.165) is 4.47 Å². The molecule has 0 spiro atoms. The number of nitrogens with zero attached hydrogens (tertiary/aromatic N) is 6. The third-order valence-electron chi connectivity index (χ3n) is 4.33. The fraction of sp³-hybridized carbons (Fsp3) is 0.533. The quantitative estimate of drug-likeness (QED) is 0.676. The summed E-state index contributed by atoms with van der Waals surface area (Å²) >= 11 is 3.29. The van der Waals surface area contributed by atoms with Gasteiger partial charge in [0.2, 0.25) is 15.9 Å². The van der Waals surface area contributed by atoms with Crippen LogP contribution in [0.15, 0.2) is 28.0 Å². The van der Waals surface area contributed by atoms with Crippen molar-refractivity contribution in [2.24, 2.45) is 0 Å². The summed E-state index contributed by atoms with van der Waals surface area (Å²) in [6, 6.07) is 0. The molecule has 1 aliphatic rings. The average Bonchev–Trinajstić information content (AvgIpc) is 3.20. The standard InChI is InChI=1S/C15H21BrN6O3S/c1-3-20-10-14(12(2)18-20)26(24,25)22-6-4-19(5-7-22)15(23)11-21-9-13(16)8-17-21/h8-10H,3-7,11H2,1-2H3. The van der Waals surface area contributed by atoms with Gasteiger partial charge in [-0.3, -0.25) is 14.2 Å². The minimum atomic E-state index is -3.60. The third-order valence-corrected chi connectivity index (χ3v) is 6.74. The Kier molecular flexibility index (Phi) is 5.49. The van der Waals surface area contributed by atoms with E-state index in [4.69, 9.17) is 0 Å². The SMILES string of the molecule is CCn1cc(S(=O)(=O)N2CCN(C(=O)Cn3cc(Br)cn3)CC2)c(C)n1. The highest BCUT2D eigenvalue weighted by molar-refractivity contribution is 9.10. The number of aromatic nitrogens is 4. The number of hydrogen-bond acceptors (Lipinski definition) is 5. The molecule has 1 saturated heterocycles. The van der Waals surface area contributed by atoms with Crippen LogP contribution in [0.4, 0.5) is 0 Å². The molecular formula is C15H21BrN6O3S. The summed E-state index contributed by atoms with van der Waals surface area (Å²) in [6.07, 6.45) is 4.92. The van der Waals surface area contributed by atoms with Crippen LogP contribution in [0, 0.1) is 6.92 Å². The molecule has 3 heterocycles. The van der Waals surface area contributed by atoms with Crippen LogP contribution >= 0.6 is 15.9 Å². The Morgan fingerprint density at radius 1 is 1.19 bits per heavy atom. The molecule has 142 valence electrons. The van der Waals surface area contributed by atoms with Crippen LogP contribution in [0.1, 0.15) is 12.6 Å². The fourth-order valence-corrected chi connectivity index (χ4v) is 4.81. The molecule has 0 unspecified atom stereocenters. The molecule has 1 aliphatic heterocycles. The first-order valence-corrected chi connectivity index (χ1v) is 10.5. The van der Waals surface area contributed by atoms with Crippen LogP contribution in [0.2, 0.25) is 0 Å². The summed E-state index contributed by atoms with van der Waals surface area (Å²) in [6.45, 7) is 5.62. The molecule has 0 aromatic carbocycles. The number of piperazine rings is 1. The lowest BCUT2D eigenvalue weighted by Gasteiger charge is -2.33. The van der Waals surface area contributed by atoms with Crippen LogP contribution in [0.25, 0.3) is 0 Å². The second-order valence-corrected chi connectivity index (χ2v) is 8.90. The van der Waals surface area contributed by atoms with E-state index >= 15 is 0 Å². The van der Waals surface area contributed by atoms with Crippen LogP contribution < -0.4 is 0 Å². The highest BCUT2D eigenvalue weighted by atomic mass is 79.9. The first-order valence-electron chi connectivity index (χ1n) is 8.31. The number of carbonyl (C=O) groups is 1. The monoisotopic (exact) mass is 444 g/mol. The zero-order valence-corrected chi connectivity index (χ0v) is 17.1. The van der Waals surface area contributed by atoms with Gasteiger partial charge in [-0.05, 0) is 29.8 Å². The largest absolute Gasteiger partial charge is 0.338 e. The highest BCUT2D eigenvalue weighted by Gasteiger charge is 2.32. The molecule has 0 saturated carbocycles. The van der Waals surface area contributed by atoms with Crippen molar-refractivity contribution in [2.45, 2.75) is 31.8 Å². The Labute approximate surface area is 160 Å². The summed E-state index contributed by atoms with van der Waals surface area (Å²) in [5.41, 5.74) is 0.495. The zero-order chi connectivity index (χ0) is 18.9. The number of hydrogen-bond donors (Lipinski definition) is 0. The predicted molar refractivity (Wildman–Crippen MR) is 97.9 cm³/mol. The summed E-state index contributed by atoms with van der Waals surface area (Å²) in [4.78, 5) is 14.3. The summed E-state index contributed by atoms with van der Waals surface area (Å²) in [7, 11) is -3.60. The lowest BCUT2D eigenvalue weighted by Crippen LogP contribution is -2.51. The predicted octanol–water partition coefficient (Wildman–Crippen LogP) is 0.704. The molecule has 0 aliphatic carbocycles. The highest BCUT2D eigenvalue weighted by Crippen LogP contribution is 2.20. The Balaban J connectivity index is 1.63. The smallest absolute Gasteiger partial charge is 0.246 e. The van der Waals surface area contributed by atoms with Gasteiger partial charge in [0.15, 0.2) is 0 Å². The van der Waals surface area contributed by atoms with Crippen LogP contribution in [0.3, 0.4) is 0 Å². The molecule has 0 bridgehead atoms. The van der Waals surface area contributed by atoms with Gasteiger partial charge >= 0.3 is 0 Å². The molecule has 0 radical (unpaired) electrons. The van der Waals surface area contributed by atoms with Gasteiger partial charge in [0.1, 0.15) is 11.4 Å². The van der Waals surface area contributed by atoms with Gasteiger partial charge < -0.3 is 4.90 Å². The number of carbonyl (C=O) groups excluding carboxylic acids is 1. The van der Waals surface area contributed by atoms with Gasteiger partial charge in [0.05, 0.1) is 16.4 Å².